The molecule has 5 nitrogen and oxygen atoms in total. The monoisotopic (exact) mass is 267 g/mol. The summed E-state index contributed by atoms with van der Waals surface area (Å²) in [5, 5.41) is 15.8. The lowest BCUT2D eigenvalue weighted by atomic mass is 9.82. The fourth-order valence-electron chi connectivity index (χ4n) is 2.77. The van der Waals surface area contributed by atoms with Crippen molar-refractivity contribution in [1.29, 1.82) is 0 Å². The Morgan fingerprint density at radius 2 is 2.00 bits per heavy atom. The summed E-state index contributed by atoms with van der Waals surface area (Å²) in [5.74, 6) is 1.53. The summed E-state index contributed by atoms with van der Waals surface area (Å²) in [6, 6.07) is 0.437. The second-order valence-corrected chi connectivity index (χ2v) is 6.76. The second-order valence-electron chi connectivity index (χ2n) is 6.76. The molecule has 1 aromatic rings. The van der Waals surface area contributed by atoms with E-state index in [0.717, 1.165) is 25.2 Å². The molecule has 2 atom stereocenters. The normalized spacial score (nSPS) is 15.5. The minimum absolute atomic E-state index is 0.390. The summed E-state index contributed by atoms with van der Waals surface area (Å²) in [7, 11) is 1.81. The predicted octanol–water partition coefficient (Wildman–Crippen LogP) is 2.19. The molecule has 0 aromatic carbocycles. The van der Waals surface area contributed by atoms with Crippen LogP contribution < -0.4 is 5.32 Å². The number of hydrogen-bond acceptors (Lipinski definition) is 4. The Bertz CT molecular complexity index is 366. The number of rotatable bonds is 7. The van der Waals surface area contributed by atoms with Gasteiger partial charge in [0.2, 0.25) is 0 Å². The van der Waals surface area contributed by atoms with Gasteiger partial charge in [-0.1, -0.05) is 34.6 Å². The molecule has 0 fully saturated rings. The zero-order valence-corrected chi connectivity index (χ0v) is 13.3. The first-order valence-corrected chi connectivity index (χ1v) is 7.26. The fraction of sp³-hybridized carbons (Fsp3) is 0.929. The van der Waals surface area contributed by atoms with Crippen LogP contribution in [0.5, 0.6) is 0 Å². The van der Waals surface area contributed by atoms with Crippen molar-refractivity contribution in [3.05, 3.63) is 5.82 Å². The zero-order chi connectivity index (χ0) is 14.5. The van der Waals surface area contributed by atoms with Gasteiger partial charge in [-0.2, -0.15) is 4.80 Å². The van der Waals surface area contributed by atoms with Gasteiger partial charge < -0.3 is 5.32 Å². The molecule has 0 bridgehead atoms. The van der Waals surface area contributed by atoms with Crippen molar-refractivity contribution in [3.63, 3.8) is 0 Å². The van der Waals surface area contributed by atoms with Crippen LogP contribution in [0.3, 0.4) is 0 Å². The summed E-state index contributed by atoms with van der Waals surface area (Å²) < 4.78 is 0. The van der Waals surface area contributed by atoms with Gasteiger partial charge in [-0.15, -0.1) is 10.2 Å². The van der Waals surface area contributed by atoms with E-state index in [1.807, 2.05) is 0 Å². The third-order valence-electron chi connectivity index (χ3n) is 3.12. The van der Waals surface area contributed by atoms with Crippen LogP contribution >= 0.6 is 0 Å². The molecule has 0 aliphatic rings. The van der Waals surface area contributed by atoms with Gasteiger partial charge in [-0.25, -0.2) is 0 Å². The van der Waals surface area contributed by atoms with Gasteiger partial charge in [0, 0.05) is 12.5 Å². The van der Waals surface area contributed by atoms with Gasteiger partial charge in [-0.3, -0.25) is 0 Å². The fourth-order valence-corrected chi connectivity index (χ4v) is 2.77. The average Bonchev–Trinajstić information content (AvgIpc) is 2.61. The molecule has 1 heterocycles. The quantitative estimate of drug-likeness (QED) is 0.823. The highest BCUT2D eigenvalue weighted by Crippen LogP contribution is 2.27. The van der Waals surface area contributed by atoms with E-state index in [2.05, 4.69) is 55.3 Å². The lowest BCUT2D eigenvalue weighted by molar-refractivity contribution is 0.274. The van der Waals surface area contributed by atoms with E-state index >= 15 is 0 Å². The molecule has 0 spiro atoms. The summed E-state index contributed by atoms with van der Waals surface area (Å²) in [4.78, 5) is 1.52. The van der Waals surface area contributed by atoms with E-state index in [0.29, 0.717) is 17.4 Å². The maximum absolute atomic E-state index is 4.27. The van der Waals surface area contributed by atoms with Crippen molar-refractivity contribution in [2.45, 2.75) is 59.9 Å². The predicted molar refractivity (Wildman–Crippen MR) is 77.8 cm³/mol. The van der Waals surface area contributed by atoms with E-state index in [1.165, 1.54) is 11.2 Å². The standard InChI is InChI=1S/C14H29N5/c1-7-15-12(8-11(2)10-14(3,4)5)9-13-16-18-19(6)17-13/h11-12,15H,7-10H2,1-6H3. The lowest BCUT2D eigenvalue weighted by Crippen LogP contribution is -2.33. The molecule has 0 radical (unpaired) electrons. The maximum atomic E-state index is 4.27. The molecule has 0 saturated heterocycles. The Kier molecular flexibility index (Phi) is 5.91. The Labute approximate surface area is 117 Å². The minimum Gasteiger partial charge on any atom is -0.314 e. The van der Waals surface area contributed by atoms with Crippen LogP contribution in [0.2, 0.25) is 0 Å². The van der Waals surface area contributed by atoms with Crippen molar-refractivity contribution < 1.29 is 0 Å². The summed E-state index contributed by atoms with van der Waals surface area (Å²) in [6.07, 6.45) is 3.25. The highest BCUT2D eigenvalue weighted by atomic mass is 15.6. The van der Waals surface area contributed by atoms with Crippen molar-refractivity contribution in [1.82, 2.24) is 25.5 Å². The van der Waals surface area contributed by atoms with Crippen molar-refractivity contribution in [3.8, 4) is 0 Å². The van der Waals surface area contributed by atoms with Crippen LogP contribution in [0, 0.1) is 11.3 Å². The van der Waals surface area contributed by atoms with Gasteiger partial charge in [0.1, 0.15) is 0 Å². The first-order valence-electron chi connectivity index (χ1n) is 7.26. The van der Waals surface area contributed by atoms with Gasteiger partial charge in [0.25, 0.3) is 0 Å². The molecular weight excluding hydrogens is 238 g/mol. The molecule has 0 aliphatic heterocycles. The number of nitrogens with zero attached hydrogens (tertiary/aromatic N) is 4. The van der Waals surface area contributed by atoms with Gasteiger partial charge in [0.05, 0.1) is 7.05 Å². The molecule has 1 aromatic heterocycles. The van der Waals surface area contributed by atoms with Crippen molar-refractivity contribution in [2.24, 2.45) is 18.4 Å². The smallest absolute Gasteiger partial charge is 0.176 e. The number of hydrogen-bond donors (Lipinski definition) is 1. The second kappa shape index (κ2) is 6.98. The highest BCUT2D eigenvalue weighted by molar-refractivity contribution is 4.85. The van der Waals surface area contributed by atoms with Gasteiger partial charge >= 0.3 is 0 Å². The molecule has 19 heavy (non-hydrogen) atoms. The Morgan fingerprint density at radius 3 is 2.47 bits per heavy atom. The van der Waals surface area contributed by atoms with Crippen molar-refractivity contribution in [2.75, 3.05) is 6.54 Å². The lowest BCUT2D eigenvalue weighted by Gasteiger charge is -2.26. The Balaban J connectivity index is 2.52. The molecule has 5 heteroatoms. The molecule has 0 aliphatic carbocycles. The Morgan fingerprint density at radius 1 is 1.32 bits per heavy atom. The first-order chi connectivity index (χ1) is 8.80. The average molecular weight is 267 g/mol. The summed E-state index contributed by atoms with van der Waals surface area (Å²) in [6.45, 7) is 12.4. The van der Waals surface area contributed by atoms with Gasteiger partial charge in [0.15, 0.2) is 5.82 Å². The third kappa shape index (κ3) is 6.66. The minimum atomic E-state index is 0.390. The number of nitrogens with one attached hydrogen (secondary N) is 1. The summed E-state index contributed by atoms with van der Waals surface area (Å²) >= 11 is 0. The van der Waals surface area contributed by atoms with Gasteiger partial charge in [-0.05, 0) is 35.9 Å². The molecule has 1 N–H and O–H groups in total. The molecular formula is C14H29N5. The van der Waals surface area contributed by atoms with Crippen LogP contribution in [0.4, 0.5) is 0 Å². The van der Waals surface area contributed by atoms with Crippen LogP contribution in [-0.2, 0) is 13.5 Å². The summed E-state index contributed by atoms with van der Waals surface area (Å²) in [5.41, 5.74) is 0.390. The van der Waals surface area contributed by atoms with E-state index in [9.17, 15) is 0 Å². The topological polar surface area (TPSA) is 55.6 Å². The number of aryl methyl sites for hydroxylation is 1. The van der Waals surface area contributed by atoms with E-state index in [-0.39, 0.29) is 0 Å². The SMILES string of the molecule is CCNC(Cc1nnn(C)n1)CC(C)CC(C)(C)C. The molecule has 0 amide bonds. The van der Waals surface area contributed by atoms with Crippen LogP contribution in [-0.4, -0.2) is 32.8 Å². The molecule has 0 saturated carbocycles. The third-order valence-corrected chi connectivity index (χ3v) is 3.12. The first kappa shape index (κ1) is 16.1. The molecule has 2 unspecified atom stereocenters. The van der Waals surface area contributed by atoms with E-state index < -0.39 is 0 Å². The van der Waals surface area contributed by atoms with Crippen LogP contribution in [0.1, 0.15) is 53.3 Å². The molecule has 1 rings (SSSR count). The Hall–Kier alpha value is -0.970. The number of aromatic nitrogens is 4. The number of tetrazole rings is 1. The van der Waals surface area contributed by atoms with E-state index in [1.54, 1.807) is 7.05 Å². The number of likely N-dealkylation sites (N-methyl/N-ethyl adjacent to an activating group) is 1. The van der Waals surface area contributed by atoms with E-state index in [4.69, 9.17) is 0 Å². The highest BCUT2D eigenvalue weighted by Gasteiger charge is 2.20. The van der Waals surface area contributed by atoms with Crippen LogP contribution in [0.15, 0.2) is 0 Å². The maximum Gasteiger partial charge on any atom is 0.176 e. The van der Waals surface area contributed by atoms with Crippen LogP contribution in [0.25, 0.3) is 0 Å². The van der Waals surface area contributed by atoms with Crippen molar-refractivity contribution >= 4 is 0 Å². The zero-order valence-electron chi connectivity index (χ0n) is 13.3. The largest absolute Gasteiger partial charge is 0.314 e. The molecule has 110 valence electrons.